The normalized spacial score (nSPS) is 11.2. The van der Waals surface area contributed by atoms with Gasteiger partial charge in [0.25, 0.3) is 5.91 Å². The lowest BCUT2D eigenvalue weighted by molar-refractivity contribution is 0.0997. The minimum Gasteiger partial charge on any atom is -0.492 e. The van der Waals surface area contributed by atoms with E-state index in [9.17, 15) is 4.79 Å². The van der Waals surface area contributed by atoms with Gasteiger partial charge in [0.05, 0.1) is 18.4 Å². The number of nitrogens with two attached hydrogens (primary N) is 1. The fraction of sp³-hybridized carbons (Fsp3) is 0.0625. The van der Waals surface area contributed by atoms with Crippen molar-refractivity contribution < 1.29 is 9.53 Å². The van der Waals surface area contributed by atoms with Crippen molar-refractivity contribution in [1.82, 2.24) is 19.6 Å². The highest BCUT2D eigenvalue weighted by atomic mass is 16.5. The number of hydrogen-bond donors (Lipinski definition) is 2. The molecular formula is C16H13N5O2. The zero-order valence-electron chi connectivity index (χ0n) is 12.3. The summed E-state index contributed by atoms with van der Waals surface area (Å²) in [7, 11) is 1.47. The van der Waals surface area contributed by atoms with Crippen molar-refractivity contribution >= 4 is 22.5 Å². The number of hydrogen-bond acceptors (Lipinski definition) is 4. The first-order chi connectivity index (χ1) is 11.2. The Labute approximate surface area is 130 Å². The molecule has 3 N–H and O–H groups in total. The van der Waals surface area contributed by atoms with E-state index in [0.717, 1.165) is 22.2 Å². The number of benzene rings is 1. The van der Waals surface area contributed by atoms with Crippen molar-refractivity contribution in [2.24, 2.45) is 5.73 Å². The number of nitrogens with zero attached hydrogens (tertiary/aromatic N) is 3. The molecule has 3 aromatic heterocycles. The predicted molar refractivity (Wildman–Crippen MR) is 85.3 cm³/mol. The third-order valence-electron chi connectivity index (χ3n) is 3.82. The fourth-order valence-corrected chi connectivity index (χ4v) is 2.76. The molecule has 0 radical (unpaired) electrons. The van der Waals surface area contributed by atoms with Crippen LogP contribution in [0.3, 0.4) is 0 Å². The number of methoxy groups -OCH3 is 1. The quantitative estimate of drug-likeness (QED) is 0.604. The number of ether oxygens (including phenoxy) is 1. The van der Waals surface area contributed by atoms with E-state index in [4.69, 9.17) is 10.5 Å². The molecule has 7 heteroatoms. The second-order valence-corrected chi connectivity index (χ2v) is 5.12. The van der Waals surface area contributed by atoms with Gasteiger partial charge in [-0.2, -0.15) is 5.10 Å². The van der Waals surface area contributed by atoms with Gasteiger partial charge >= 0.3 is 0 Å². The van der Waals surface area contributed by atoms with Gasteiger partial charge in [-0.1, -0.05) is 6.07 Å². The van der Waals surface area contributed by atoms with Crippen LogP contribution in [0.15, 0.2) is 42.9 Å². The maximum Gasteiger partial charge on any atom is 0.252 e. The molecular weight excluding hydrogens is 294 g/mol. The molecule has 0 saturated heterocycles. The number of fused-ring (bicyclic) bond motifs is 2. The summed E-state index contributed by atoms with van der Waals surface area (Å²) < 4.78 is 6.94. The van der Waals surface area contributed by atoms with Crippen LogP contribution < -0.4 is 10.5 Å². The molecule has 4 aromatic rings. The molecule has 3 heterocycles. The minimum atomic E-state index is -0.573. The largest absolute Gasteiger partial charge is 0.492 e. The summed E-state index contributed by atoms with van der Waals surface area (Å²) in [5.74, 6) is -0.252. The molecule has 1 amide bonds. The highest BCUT2D eigenvalue weighted by Crippen LogP contribution is 2.31. The van der Waals surface area contributed by atoms with E-state index in [1.807, 2.05) is 30.5 Å². The molecule has 23 heavy (non-hydrogen) atoms. The van der Waals surface area contributed by atoms with Crippen LogP contribution in [0.4, 0.5) is 0 Å². The van der Waals surface area contributed by atoms with Crippen LogP contribution >= 0.6 is 0 Å². The molecule has 0 saturated carbocycles. The number of H-pyrrole nitrogens is 1. The SMILES string of the molecule is COc1c(C(N)=O)cc(-c2ccc3[nH]ccc3c2)n2ncnc12. The Morgan fingerprint density at radius 1 is 1.30 bits per heavy atom. The number of primary amides is 1. The highest BCUT2D eigenvalue weighted by molar-refractivity contribution is 5.99. The molecule has 0 atom stereocenters. The molecule has 114 valence electrons. The van der Waals surface area contributed by atoms with Crippen LogP contribution in [0, 0.1) is 0 Å². The maximum atomic E-state index is 11.8. The van der Waals surface area contributed by atoms with Gasteiger partial charge in [-0.15, -0.1) is 0 Å². The molecule has 4 rings (SSSR count). The van der Waals surface area contributed by atoms with Crippen LogP contribution in [-0.2, 0) is 0 Å². The lowest BCUT2D eigenvalue weighted by Gasteiger charge is -2.11. The standard InChI is InChI=1S/C16H13N5O2/c1-23-14-11(15(17)22)7-13(21-16(14)19-8-20-21)10-2-3-12-9(6-10)4-5-18-12/h2-8,18H,1H3,(H2,17,22). The van der Waals surface area contributed by atoms with Crippen LogP contribution in [-0.4, -0.2) is 32.6 Å². The number of aromatic amines is 1. The van der Waals surface area contributed by atoms with Gasteiger partial charge in [0.15, 0.2) is 11.4 Å². The van der Waals surface area contributed by atoms with Gasteiger partial charge in [0.2, 0.25) is 0 Å². The molecule has 1 aromatic carbocycles. The monoisotopic (exact) mass is 307 g/mol. The first kappa shape index (κ1) is 13.3. The van der Waals surface area contributed by atoms with Gasteiger partial charge in [-0.05, 0) is 24.3 Å². The first-order valence-corrected chi connectivity index (χ1v) is 6.97. The smallest absolute Gasteiger partial charge is 0.252 e. The Bertz CT molecular complexity index is 1050. The Hall–Kier alpha value is -3.35. The molecule has 0 aliphatic carbocycles. The third kappa shape index (κ3) is 1.94. The third-order valence-corrected chi connectivity index (χ3v) is 3.82. The molecule has 7 nitrogen and oxygen atoms in total. The molecule has 0 fully saturated rings. The average molecular weight is 307 g/mol. The van der Waals surface area contributed by atoms with Crippen molar-refractivity contribution in [3.63, 3.8) is 0 Å². The second-order valence-electron chi connectivity index (χ2n) is 5.12. The number of pyridine rings is 1. The van der Waals surface area contributed by atoms with E-state index < -0.39 is 5.91 Å². The number of carbonyl (C=O) groups excluding carboxylic acids is 1. The topological polar surface area (TPSA) is 98.3 Å². The Morgan fingerprint density at radius 2 is 2.17 bits per heavy atom. The average Bonchev–Trinajstić information content (AvgIpc) is 3.21. The van der Waals surface area contributed by atoms with Crippen molar-refractivity contribution in [3.8, 4) is 17.0 Å². The molecule has 0 aliphatic rings. The fourth-order valence-electron chi connectivity index (χ4n) is 2.76. The lowest BCUT2D eigenvalue weighted by atomic mass is 10.1. The van der Waals surface area contributed by atoms with Crippen molar-refractivity contribution in [1.29, 1.82) is 0 Å². The summed E-state index contributed by atoms with van der Waals surface area (Å²) >= 11 is 0. The first-order valence-electron chi connectivity index (χ1n) is 6.97. The van der Waals surface area contributed by atoms with Crippen molar-refractivity contribution in [2.45, 2.75) is 0 Å². The predicted octanol–water partition coefficient (Wildman–Crippen LogP) is 1.99. The van der Waals surface area contributed by atoms with Gasteiger partial charge in [-0.3, -0.25) is 4.79 Å². The van der Waals surface area contributed by atoms with E-state index in [0.29, 0.717) is 11.4 Å². The molecule has 0 unspecified atom stereocenters. The van der Waals surface area contributed by atoms with E-state index in [1.54, 1.807) is 10.6 Å². The van der Waals surface area contributed by atoms with Gasteiger partial charge in [0, 0.05) is 22.7 Å². The van der Waals surface area contributed by atoms with Crippen LogP contribution in [0.1, 0.15) is 10.4 Å². The number of rotatable bonds is 3. The van der Waals surface area contributed by atoms with Gasteiger partial charge < -0.3 is 15.5 Å². The summed E-state index contributed by atoms with van der Waals surface area (Å²) in [6, 6.07) is 9.60. The highest BCUT2D eigenvalue weighted by Gasteiger charge is 2.19. The zero-order chi connectivity index (χ0) is 16.0. The van der Waals surface area contributed by atoms with E-state index in [2.05, 4.69) is 15.1 Å². The number of aromatic nitrogens is 4. The Kier molecular flexibility index (Phi) is 2.80. The second kappa shape index (κ2) is 4.84. The van der Waals surface area contributed by atoms with Crippen molar-refractivity contribution in [3.05, 3.63) is 48.4 Å². The van der Waals surface area contributed by atoms with E-state index in [1.165, 1.54) is 13.4 Å². The summed E-state index contributed by atoms with van der Waals surface area (Å²) in [5.41, 5.74) is 8.87. The minimum absolute atomic E-state index is 0.275. The molecule has 0 spiro atoms. The molecule has 0 bridgehead atoms. The summed E-state index contributed by atoms with van der Waals surface area (Å²) in [5, 5.41) is 5.30. The van der Waals surface area contributed by atoms with Crippen molar-refractivity contribution in [2.75, 3.05) is 7.11 Å². The summed E-state index contributed by atoms with van der Waals surface area (Å²) in [4.78, 5) is 19.1. The summed E-state index contributed by atoms with van der Waals surface area (Å²) in [6.45, 7) is 0. The zero-order valence-corrected chi connectivity index (χ0v) is 12.3. The van der Waals surface area contributed by atoms with Gasteiger partial charge in [0.1, 0.15) is 6.33 Å². The Morgan fingerprint density at radius 3 is 2.96 bits per heavy atom. The van der Waals surface area contributed by atoms with Gasteiger partial charge in [-0.25, -0.2) is 9.50 Å². The Balaban J connectivity index is 2.06. The van der Waals surface area contributed by atoms with Crippen LogP contribution in [0.5, 0.6) is 5.75 Å². The lowest BCUT2D eigenvalue weighted by Crippen LogP contribution is -2.14. The number of nitrogens with one attached hydrogen (secondary N) is 1. The molecule has 0 aliphatic heterocycles. The van der Waals surface area contributed by atoms with Crippen LogP contribution in [0.25, 0.3) is 27.8 Å². The number of carbonyl (C=O) groups is 1. The van der Waals surface area contributed by atoms with E-state index >= 15 is 0 Å². The maximum absolute atomic E-state index is 11.8. The number of amides is 1. The van der Waals surface area contributed by atoms with E-state index in [-0.39, 0.29) is 5.56 Å². The summed E-state index contributed by atoms with van der Waals surface area (Å²) in [6.07, 6.45) is 3.29. The van der Waals surface area contributed by atoms with Crippen LogP contribution in [0.2, 0.25) is 0 Å².